The Morgan fingerprint density at radius 3 is 0.939 bits per heavy atom. The van der Waals surface area contributed by atoms with Gasteiger partial charge in [-0.25, -0.2) is 58.0 Å². The summed E-state index contributed by atoms with van der Waals surface area (Å²) >= 11 is 0. The van der Waals surface area contributed by atoms with E-state index in [1.165, 1.54) is 73.8 Å². The minimum atomic E-state index is -1.25. The van der Waals surface area contributed by atoms with E-state index in [0.717, 1.165) is 34.3 Å². The Morgan fingerprint density at radius 2 is 0.693 bits per heavy atom. The van der Waals surface area contributed by atoms with E-state index < -0.39 is 42.3 Å². The number of nitrogens with one attached hydrogen (secondary N) is 3. The highest BCUT2D eigenvalue weighted by Crippen LogP contribution is 2.34. The number of nitrogens with zero attached hydrogens (tertiary/aromatic N) is 18. The first kappa shape index (κ1) is 80.3. The molecule has 3 atom stereocenters. The molecule has 3 N–H and O–H groups in total. The molecule has 0 bridgehead atoms. The highest BCUT2D eigenvalue weighted by molar-refractivity contribution is 6.76. The molecule has 0 spiro atoms. The van der Waals surface area contributed by atoms with Crippen LogP contribution < -0.4 is 16.0 Å². The van der Waals surface area contributed by atoms with E-state index in [4.69, 9.17) is 42.4 Å². The number of hydrogen-bond acceptors (Lipinski definition) is 21. The van der Waals surface area contributed by atoms with Gasteiger partial charge in [-0.1, -0.05) is 58.9 Å². The first-order chi connectivity index (χ1) is 54.3. The molecule has 3 aromatic carbocycles. The van der Waals surface area contributed by atoms with Crippen LogP contribution in [0, 0.1) is 17.5 Å². The number of carbonyl (C=O) groups is 3. The van der Waals surface area contributed by atoms with Crippen molar-refractivity contribution in [3.8, 4) is 34.2 Å². The number of aryl methyl sites for hydroxylation is 3. The standard InChI is InChI=1S/3C26H30FN7O3Si/c3*1-16(26-28-8-9-37-26)30-25(35)19-14-34(15-36-10-11-38(3,4)5)24-23(19)31-20(13-29-24)22-18-7-6-17(27)12-21(18)33(2)32-22/h3*6-9,12-14,16H,10-11,15H2,1-5H3,(H,30,35)/t2*16-;/m10./s1. The van der Waals surface area contributed by atoms with E-state index in [9.17, 15) is 27.6 Å². The third-order valence-corrected chi connectivity index (χ3v) is 23.9. The number of amides is 3. The molecule has 1 unspecified atom stereocenters. The predicted octanol–water partition coefficient (Wildman–Crippen LogP) is 14.7. The number of benzene rings is 3. The predicted molar refractivity (Wildman–Crippen MR) is 431 cm³/mol. The fourth-order valence-electron chi connectivity index (χ4n) is 12.5. The van der Waals surface area contributed by atoms with Crippen LogP contribution in [0.4, 0.5) is 13.2 Å². The first-order valence-electron chi connectivity index (χ1n) is 37.1. The number of oxazole rings is 3. The summed E-state index contributed by atoms with van der Waals surface area (Å²) in [5.74, 6) is -0.887. The molecule has 30 nitrogen and oxygen atoms in total. The van der Waals surface area contributed by atoms with Crippen molar-refractivity contribution in [3.63, 3.8) is 0 Å². The molecular formula is C78H90F3N21O9Si3. The number of ether oxygens (including phenoxy) is 3. The van der Waals surface area contributed by atoms with Crippen molar-refractivity contribution in [2.45, 2.75) is 136 Å². The molecule has 15 rings (SSSR count). The zero-order chi connectivity index (χ0) is 81.1. The summed E-state index contributed by atoms with van der Waals surface area (Å²) < 4.78 is 85.5. The monoisotopic (exact) mass is 1610 g/mol. The number of halogens is 3. The van der Waals surface area contributed by atoms with E-state index in [1.807, 2.05) is 0 Å². The quantitative estimate of drug-likeness (QED) is 0.0318. The second-order valence-corrected chi connectivity index (χ2v) is 48.3. The van der Waals surface area contributed by atoms with Gasteiger partial charge < -0.3 is 57.1 Å². The zero-order valence-corrected chi connectivity index (χ0v) is 69.1. The Labute approximate surface area is 655 Å². The molecule has 36 heteroatoms. The lowest BCUT2D eigenvalue weighted by Gasteiger charge is -2.15. The average molecular weight is 1610 g/mol. The largest absolute Gasteiger partial charge is 0.447 e. The fourth-order valence-corrected chi connectivity index (χ4v) is 14.8. The van der Waals surface area contributed by atoms with Crippen LogP contribution in [0.3, 0.4) is 0 Å². The summed E-state index contributed by atoms with van der Waals surface area (Å²) in [6.45, 7) is 28.6. The topological polar surface area (TPSA) is 339 Å². The van der Waals surface area contributed by atoms with Crippen LogP contribution in [0.2, 0.25) is 77.1 Å². The maximum atomic E-state index is 13.8. The van der Waals surface area contributed by atoms with Crippen molar-refractivity contribution in [2.24, 2.45) is 21.1 Å². The van der Waals surface area contributed by atoms with Crippen molar-refractivity contribution >= 4 is 108 Å². The normalized spacial score (nSPS) is 12.9. The molecule has 0 radical (unpaired) electrons. The lowest BCUT2D eigenvalue weighted by molar-refractivity contribution is 0.0884. The zero-order valence-electron chi connectivity index (χ0n) is 66.1. The highest BCUT2D eigenvalue weighted by atomic mass is 28.3. The Morgan fingerprint density at radius 1 is 0.421 bits per heavy atom. The molecule has 0 fully saturated rings. The van der Waals surface area contributed by atoms with Crippen LogP contribution in [0.25, 0.3) is 100 Å². The molecule has 0 aliphatic rings. The molecule has 0 saturated carbocycles. The van der Waals surface area contributed by atoms with Crippen LogP contribution >= 0.6 is 0 Å². The SMILES string of the molecule is CC(NC(=O)c1cn(COCC[Si](C)(C)C)c2ncc(-c3nn(C)c4cc(F)ccc34)nc12)c1ncco1.C[C@@H](NC(=O)c1cn(COCC[Si](C)(C)C)c2ncc(-c3nn(C)c4cc(F)ccc34)nc12)c1ncco1.C[C@H](NC(=O)c1cn(COCC[Si](C)(C)C)c2ncc(-c3nn(C)c4cc(F)ccc34)nc12)c1ncco1. The summed E-state index contributed by atoms with van der Waals surface area (Å²) in [6, 6.07) is 15.2. The summed E-state index contributed by atoms with van der Waals surface area (Å²) in [7, 11) is 1.49. The first-order valence-corrected chi connectivity index (χ1v) is 48.2. The molecule has 12 aromatic heterocycles. The van der Waals surface area contributed by atoms with Gasteiger partial charge >= 0.3 is 0 Å². The summed E-state index contributed by atoms with van der Waals surface area (Å²) in [6.07, 6.45) is 18.9. The molecule has 0 aliphatic heterocycles. The molecule has 0 saturated heterocycles. The van der Waals surface area contributed by atoms with E-state index in [0.29, 0.717) is 138 Å². The van der Waals surface area contributed by atoms with Gasteiger partial charge in [0.05, 0.1) is 70.4 Å². The molecule has 0 aliphatic carbocycles. The van der Waals surface area contributed by atoms with Gasteiger partial charge in [-0.2, -0.15) is 15.3 Å². The average Bonchev–Trinajstić information content (AvgIpc) is 1.61. The number of rotatable bonds is 27. The lowest BCUT2D eigenvalue weighted by atomic mass is 10.1. The van der Waals surface area contributed by atoms with E-state index >= 15 is 0 Å². The van der Waals surface area contributed by atoms with Crippen LogP contribution in [0.5, 0.6) is 0 Å². The number of hydrogen-bond donors (Lipinski definition) is 3. The summed E-state index contributed by atoms with van der Waals surface area (Å²) in [4.78, 5) is 80.9. The van der Waals surface area contributed by atoms with Gasteiger partial charge in [-0.3, -0.25) is 28.4 Å². The molecule has 114 heavy (non-hydrogen) atoms. The minimum absolute atomic E-state index is 0.239. The minimum Gasteiger partial charge on any atom is -0.447 e. The van der Waals surface area contributed by atoms with Crippen LogP contribution in [-0.4, -0.2) is 150 Å². The Balaban J connectivity index is 0.000000149. The Bertz CT molecular complexity index is 5390. The summed E-state index contributed by atoms with van der Waals surface area (Å²) in [5, 5.41) is 24.6. The van der Waals surface area contributed by atoms with Gasteiger partial charge in [0.1, 0.15) is 125 Å². The second kappa shape index (κ2) is 33.5. The van der Waals surface area contributed by atoms with Crippen LogP contribution in [0.15, 0.2) is 142 Å². The number of fused-ring (bicyclic) bond motifs is 6. The maximum Gasteiger partial charge on any atom is 0.255 e. The van der Waals surface area contributed by atoms with E-state index in [1.54, 1.807) is 125 Å². The second-order valence-electron chi connectivity index (χ2n) is 31.5. The van der Waals surface area contributed by atoms with Crippen molar-refractivity contribution in [1.29, 1.82) is 0 Å². The lowest BCUT2D eigenvalue weighted by Crippen LogP contribution is -2.26. The fraction of sp³-hybridized carbons (Fsp3) is 0.346. The van der Waals surface area contributed by atoms with Gasteiger partial charge in [0.25, 0.3) is 17.7 Å². The number of carbonyl (C=O) groups excluding carboxylic acids is 3. The third-order valence-electron chi connectivity index (χ3n) is 18.8. The van der Waals surface area contributed by atoms with E-state index in [2.05, 4.69) is 120 Å². The maximum absolute atomic E-state index is 13.8. The van der Waals surface area contributed by atoms with Gasteiger partial charge in [-0.15, -0.1) is 0 Å². The van der Waals surface area contributed by atoms with Crippen LogP contribution in [0.1, 0.15) is 87.6 Å². The van der Waals surface area contributed by atoms with Crippen molar-refractivity contribution in [1.82, 2.24) is 104 Å². The molecule has 15 aromatic rings. The molecule has 12 heterocycles. The molecular weight excluding hydrogens is 1520 g/mol. The molecule has 3 amide bonds. The van der Waals surface area contributed by atoms with Crippen LogP contribution in [-0.2, 0) is 55.5 Å². The Kier molecular flexibility index (Phi) is 23.6. The van der Waals surface area contributed by atoms with Crippen molar-refractivity contribution in [3.05, 3.63) is 181 Å². The number of aromatic nitrogens is 18. The van der Waals surface area contributed by atoms with Gasteiger partial charge in [0, 0.05) is 99.9 Å². The van der Waals surface area contributed by atoms with Gasteiger partial charge in [0.2, 0.25) is 17.7 Å². The third kappa shape index (κ3) is 18.5. The van der Waals surface area contributed by atoms with E-state index in [-0.39, 0.29) is 55.4 Å². The molecule has 594 valence electrons. The van der Waals surface area contributed by atoms with Crippen molar-refractivity contribution in [2.75, 3.05) is 19.8 Å². The van der Waals surface area contributed by atoms with Gasteiger partial charge in [-0.05, 0) is 93.5 Å². The smallest absolute Gasteiger partial charge is 0.255 e. The van der Waals surface area contributed by atoms with Gasteiger partial charge in [0.15, 0.2) is 16.9 Å². The van der Waals surface area contributed by atoms with Crippen molar-refractivity contribution < 1.29 is 55.0 Å². The Hall–Kier alpha value is -11.7. The summed E-state index contributed by atoms with van der Waals surface area (Å²) in [5.41, 5.74) is 8.78. The highest BCUT2D eigenvalue weighted by Gasteiger charge is 2.29.